The molecule has 0 amide bonds. The summed E-state index contributed by atoms with van der Waals surface area (Å²) in [5, 5.41) is 26.4. The van der Waals surface area contributed by atoms with Gasteiger partial charge in [-0.1, -0.05) is 12.1 Å². The molecule has 0 fully saturated rings. The topological polar surface area (TPSA) is 79.2 Å². The van der Waals surface area contributed by atoms with Crippen LogP contribution in [0.15, 0.2) is 30.9 Å². The van der Waals surface area contributed by atoms with Crippen molar-refractivity contribution >= 4 is 0 Å². The third-order valence-electron chi connectivity index (χ3n) is 2.50. The van der Waals surface area contributed by atoms with Gasteiger partial charge in [0.1, 0.15) is 0 Å². The number of allylic oxidation sites excluding steroid dienone is 1. The zero-order valence-electron chi connectivity index (χ0n) is 13.0. The fraction of sp³-hybridized carbons (Fsp3) is 0.500. The van der Waals surface area contributed by atoms with Crippen molar-refractivity contribution < 1.29 is 24.8 Å². The Morgan fingerprint density at radius 2 is 2.00 bits per heavy atom. The number of methoxy groups -OCH3 is 1. The lowest BCUT2D eigenvalue weighted by Gasteiger charge is -2.10. The van der Waals surface area contributed by atoms with E-state index < -0.39 is 6.10 Å². The van der Waals surface area contributed by atoms with Crippen molar-refractivity contribution in [3.05, 3.63) is 36.4 Å². The molecule has 1 rings (SSSR count). The van der Waals surface area contributed by atoms with E-state index in [0.717, 1.165) is 12.0 Å². The van der Waals surface area contributed by atoms with Gasteiger partial charge in [0.25, 0.3) is 0 Å². The minimum atomic E-state index is -0.445. The van der Waals surface area contributed by atoms with Gasteiger partial charge in [-0.2, -0.15) is 0 Å². The highest BCUT2D eigenvalue weighted by atomic mass is 16.5. The predicted molar refractivity (Wildman–Crippen MR) is 82.7 cm³/mol. The number of aliphatic hydroxyl groups is 2. The molecule has 2 atom stereocenters. The molecule has 0 saturated carbocycles. The molecule has 0 bridgehead atoms. The summed E-state index contributed by atoms with van der Waals surface area (Å²) in [6.45, 7) is 7.33. The SMILES string of the molecule is C=CCc1ccc(O)c(OC)c1.CC(O)COC(C)CO. The van der Waals surface area contributed by atoms with E-state index in [2.05, 4.69) is 6.58 Å². The van der Waals surface area contributed by atoms with E-state index in [1.807, 2.05) is 12.1 Å². The highest BCUT2D eigenvalue weighted by Crippen LogP contribution is 2.26. The lowest BCUT2D eigenvalue weighted by molar-refractivity contribution is -0.0177. The third kappa shape index (κ3) is 9.07. The fourth-order valence-electron chi connectivity index (χ4n) is 1.37. The Morgan fingerprint density at radius 3 is 2.48 bits per heavy atom. The fourth-order valence-corrected chi connectivity index (χ4v) is 1.37. The minimum Gasteiger partial charge on any atom is -0.504 e. The molecule has 0 aliphatic heterocycles. The van der Waals surface area contributed by atoms with E-state index in [1.54, 1.807) is 26.0 Å². The minimum absolute atomic E-state index is 0.00667. The quantitative estimate of drug-likeness (QED) is 0.670. The molecule has 120 valence electrons. The largest absolute Gasteiger partial charge is 0.504 e. The smallest absolute Gasteiger partial charge is 0.160 e. The van der Waals surface area contributed by atoms with Gasteiger partial charge < -0.3 is 24.8 Å². The van der Waals surface area contributed by atoms with Gasteiger partial charge in [-0.25, -0.2) is 0 Å². The highest BCUT2D eigenvalue weighted by Gasteiger charge is 2.01. The number of ether oxygens (including phenoxy) is 2. The summed E-state index contributed by atoms with van der Waals surface area (Å²) in [6.07, 6.45) is 1.99. The van der Waals surface area contributed by atoms with Gasteiger partial charge >= 0.3 is 0 Å². The Labute approximate surface area is 126 Å². The first-order valence-corrected chi connectivity index (χ1v) is 6.81. The van der Waals surface area contributed by atoms with Crippen LogP contribution in [0.3, 0.4) is 0 Å². The molecule has 0 aliphatic carbocycles. The molecule has 0 aromatic heterocycles. The molecule has 0 heterocycles. The van der Waals surface area contributed by atoms with Crippen molar-refractivity contribution in [1.82, 2.24) is 0 Å². The third-order valence-corrected chi connectivity index (χ3v) is 2.50. The number of hydrogen-bond donors (Lipinski definition) is 3. The average molecular weight is 298 g/mol. The van der Waals surface area contributed by atoms with Gasteiger partial charge in [-0.05, 0) is 38.0 Å². The van der Waals surface area contributed by atoms with Crippen LogP contribution in [0.2, 0.25) is 0 Å². The maximum absolute atomic E-state index is 9.25. The molecular weight excluding hydrogens is 272 g/mol. The molecule has 2 unspecified atom stereocenters. The summed E-state index contributed by atoms with van der Waals surface area (Å²) in [5.74, 6) is 0.680. The number of phenolic OH excluding ortho intramolecular Hbond substituents is 1. The van der Waals surface area contributed by atoms with Crippen LogP contribution in [-0.2, 0) is 11.2 Å². The van der Waals surface area contributed by atoms with E-state index >= 15 is 0 Å². The first-order valence-electron chi connectivity index (χ1n) is 6.81. The van der Waals surface area contributed by atoms with Gasteiger partial charge in [0, 0.05) is 0 Å². The van der Waals surface area contributed by atoms with Crippen LogP contribution in [0.25, 0.3) is 0 Å². The molecule has 3 N–H and O–H groups in total. The van der Waals surface area contributed by atoms with Gasteiger partial charge in [-0.3, -0.25) is 0 Å². The summed E-state index contributed by atoms with van der Waals surface area (Å²) in [4.78, 5) is 0. The molecule has 0 aliphatic rings. The molecule has 0 saturated heterocycles. The van der Waals surface area contributed by atoms with Crippen LogP contribution in [0.1, 0.15) is 19.4 Å². The van der Waals surface area contributed by atoms with Crippen molar-refractivity contribution in [2.45, 2.75) is 32.5 Å². The number of phenols is 1. The standard InChI is InChI=1S/C10H12O2.C6H14O3/c1-3-4-8-5-6-9(11)10(7-8)12-2;1-5(8)4-9-6(2)3-7/h3,5-7,11H,1,4H2,2H3;5-8H,3-4H2,1-2H3. The molecule has 0 spiro atoms. The number of aliphatic hydroxyl groups excluding tert-OH is 2. The van der Waals surface area contributed by atoms with Gasteiger partial charge in [0.2, 0.25) is 0 Å². The highest BCUT2D eigenvalue weighted by molar-refractivity contribution is 5.42. The van der Waals surface area contributed by atoms with Crippen LogP contribution >= 0.6 is 0 Å². The van der Waals surface area contributed by atoms with Crippen LogP contribution in [-0.4, -0.2) is 47.9 Å². The van der Waals surface area contributed by atoms with Crippen molar-refractivity contribution in [3.8, 4) is 11.5 Å². The molecule has 1 aromatic carbocycles. The predicted octanol–water partition coefficient (Wildman–Crippen LogP) is 1.89. The van der Waals surface area contributed by atoms with Gasteiger partial charge in [0.15, 0.2) is 11.5 Å². The number of aromatic hydroxyl groups is 1. The molecular formula is C16H26O5. The first kappa shape index (κ1) is 19.4. The van der Waals surface area contributed by atoms with E-state index in [-0.39, 0.29) is 18.5 Å². The second-order valence-electron chi connectivity index (χ2n) is 4.67. The van der Waals surface area contributed by atoms with Crippen molar-refractivity contribution in [2.75, 3.05) is 20.3 Å². The van der Waals surface area contributed by atoms with Crippen molar-refractivity contribution in [2.24, 2.45) is 0 Å². The Kier molecular flexibility index (Phi) is 10.3. The Balaban J connectivity index is 0.000000400. The summed E-state index contributed by atoms with van der Waals surface area (Å²) >= 11 is 0. The summed E-state index contributed by atoms with van der Waals surface area (Å²) in [7, 11) is 1.53. The molecule has 5 nitrogen and oxygen atoms in total. The molecule has 0 radical (unpaired) electrons. The second kappa shape index (κ2) is 11.1. The van der Waals surface area contributed by atoms with Crippen molar-refractivity contribution in [1.29, 1.82) is 0 Å². The number of rotatable bonds is 7. The Bertz CT molecular complexity index is 404. The summed E-state index contributed by atoms with van der Waals surface area (Å²) in [6, 6.07) is 5.27. The molecule has 21 heavy (non-hydrogen) atoms. The van der Waals surface area contributed by atoms with E-state index in [0.29, 0.717) is 12.4 Å². The average Bonchev–Trinajstić information content (AvgIpc) is 2.47. The maximum atomic E-state index is 9.25. The van der Waals surface area contributed by atoms with Crippen LogP contribution in [0.4, 0.5) is 0 Å². The van der Waals surface area contributed by atoms with Gasteiger partial charge in [0.05, 0.1) is 32.5 Å². The molecule has 1 aromatic rings. The second-order valence-corrected chi connectivity index (χ2v) is 4.67. The Hall–Kier alpha value is -1.56. The van der Waals surface area contributed by atoms with E-state index in [1.165, 1.54) is 7.11 Å². The van der Waals surface area contributed by atoms with E-state index in [4.69, 9.17) is 19.7 Å². The number of hydrogen-bond acceptors (Lipinski definition) is 5. The van der Waals surface area contributed by atoms with Gasteiger partial charge in [-0.15, -0.1) is 6.58 Å². The van der Waals surface area contributed by atoms with E-state index in [9.17, 15) is 5.11 Å². The Morgan fingerprint density at radius 1 is 1.33 bits per heavy atom. The lowest BCUT2D eigenvalue weighted by Crippen LogP contribution is -2.19. The zero-order chi connectivity index (χ0) is 16.3. The first-order chi connectivity index (χ1) is 9.94. The number of benzene rings is 1. The normalized spacial score (nSPS) is 12.8. The maximum Gasteiger partial charge on any atom is 0.160 e. The van der Waals surface area contributed by atoms with Crippen LogP contribution in [0.5, 0.6) is 11.5 Å². The summed E-state index contributed by atoms with van der Waals surface area (Å²) < 4.78 is 9.90. The lowest BCUT2D eigenvalue weighted by atomic mass is 10.1. The summed E-state index contributed by atoms with van der Waals surface area (Å²) in [5.41, 5.74) is 1.08. The molecule has 5 heteroatoms. The van der Waals surface area contributed by atoms with Crippen LogP contribution in [0, 0.1) is 0 Å². The van der Waals surface area contributed by atoms with Crippen LogP contribution < -0.4 is 4.74 Å². The monoisotopic (exact) mass is 298 g/mol. The van der Waals surface area contributed by atoms with Crippen molar-refractivity contribution in [3.63, 3.8) is 0 Å². The zero-order valence-corrected chi connectivity index (χ0v) is 13.0.